The molecule has 0 saturated carbocycles. The van der Waals surface area contributed by atoms with Crippen LogP contribution in [-0.4, -0.2) is 45.4 Å². The molecule has 4 rings (SSSR count). The SMILES string of the molecule is N[C@H](CO)[C@H](O)c1ccccc1.O=C(O)[C@H](c1ccccc1Cl)N1CCc2sccc2C1. The van der Waals surface area contributed by atoms with E-state index in [9.17, 15) is 15.0 Å². The Bertz CT molecular complexity index is 1010. The lowest BCUT2D eigenvalue weighted by atomic mass is 10.0. The van der Waals surface area contributed by atoms with Gasteiger partial charge in [0.05, 0.1) is 18.8 Å². The lowest BCUT2D eigenvalue weighted by Crippen LogP contribution is -2.37. The van der Waals surface area contributed by atoms with Crippen LogP contribution in [0.4, 0.5) is 0 Å². The van der Waals surface area contributed by atoms with Gasteiger partial charge in [-0.3, -0.25) is 9.69 Å². The Balaban J connectivity index is 0.000000207. The smallest absolute Gasteiger partial charge is 0.325 e. The zero-order valence-electron chi connectivity index (χ0n) is 17.5. The van der Waals surface area contributed by atoms with E-state index in [1.165, 1.54) is 10.4 Å². The van der Waals surface area contributed by atoms with Crippen LogP contribution in [0, 0.1) is 0 Å². The molecule has 0 bridgehead atoms. The van der Waals surface area contributed by atoms with Crippen molar-refractivity contribution in [2.75, 3.05) is 13.2 Å². The lowest BCUT2D eigenvalue weighted by Gasteiger charge is -2.32. The number of hydrogen-bond donors (Lipinski definition) is 4. The Morgan fingerprint density at radius 3 is 2.47 bits per heavy atom. The molecule has 0 saturated heterocycles. The van der Waals surface area contributed by atoms with Crippen molar-refractivity contribution in [2.24, 2.45) is 5.73 Å². The predicted molar refractivity (Wildman–Crippen MR) is 127 cm³/mol. The quantitative estimate of drug-likeness (QED) is 0.434. The predicted octanol–water partition coefficient (Wildman–Crippen LogP) is 3.63. The Labute approximate surface area is 196 Å². The van der Waals surface area contributed by atoms with Gasteiger partial charge < -0.3 is 21.1 Å². The molecule has 3 aromatic rings. The summed E-state index contributed by atoms with van der Waals surface area (Å²) in [4.78, 5) is 15.1. The van der Waals surface area contributed by atoms with E-state index in [4.69, 9.17) is 22.4 Å². The monoisotopic (exact) mass is 474 g/mol. The van der Waals surface area contributed by atoms with E-state index in [2.05, 4.69) is 11.4 Å². The van der Waals surface area contributed by atoms with Gasteiger partial charge >= 0.3 is 5.97 Å². The second-order valence-electron chi connectivity index (χ2n) is 7.55. The number of hydrogen-bond acceptors (Lipinski definition) is 6. The molecule has 170 valence electrons. The highest BCUT2D eigenvalue weighted by Crippen LogP contribution is 2.33. The number of rotatable bonds is 6. The van der Waals surface area contributed by atoms with Crippen molar-refractivity contribution < 1.29 is 20.1 Å². The fourth-order valence-corrected chi connectivity index (χ4v) is 4.80. The summed E-state index contributed by atoms with van der Waals surface area (Å²) in [5, 5.41) is 30.4. The Hall–Kier alpha value is -2.26. The van der Waals surface area contributed by atoms with Crippen molar-refractivity contribution in [1.82, 2.24) is 4.90 Å². The molecule has 32 heavy (non-hydrogen) atoms. The second-order valence-corrected chi connectivity index (χ2v) is 8.96. The summed E-state index contributed by atoms with van der Waals surface area (Å²) in [7, 11) is 0. The van der Waals surface area contributed by atoms with Crippen molar-refractivity contribution >= 4 is 28.9 Å². The molecule has 3 atom stereocenters. The Kier molecular flexibility index (Phi) is 8.81. The Morgan fingerprint density at radius 1 is 1.12 bits per heavy atom. The summed E-state index contributed by atoms with van der Waals surface area (Å²) in [6.45, 7) is 1.20. The zero-order valence-corrected chi connectivity index (χ0v) is 19.0. The third-order valence-corrected chi connectivity index (χ3v) is 6.76. The summed E-state index contributed by atoms with van der Waals surface area (Å²) in [6.07, 6.45) is 0.123. The molecule has 1 aliphatic heterocycles. The van der Waals surface area contributed by atoms with Crippen molar-refractivity contribution in [3.63, 3.8) is 0 Å². The van der Waals surface area contributed by atoms with Crippen LogP contribution in [0.2, 0.25) is 5.02 Å². The molecule has 8 heteroatoms. The second kappa shape index (κ2) is 11.6. The number of aliphatic hydroxyl groups excluding tert-OH is 2. The van der Waals surface area contributed by atoms with Crippen molar-refractivity contribution in [1.29, 1.82) is 0 Å². The summed E-state index contributed by atoms with van der Waals surface area (Å²) in [5.74, 6) is -0.850. The number of carbonyl (C=O) groups is 1. The number of halogens is 1. The highest BCUT2D eigenvalue weighted by Gasteiger charge is 2.31. The first-order valence-corrected chi connectivity index (χ1v) is 11.5. The van der Waals surface area contributed by atoms with E-state index in [0.29, 0.717) is 17.1 Å². The fourth-order valence-electron chi connectivity index (χ4n) is 3.67. The molecule has 2 aromatic carbocycles. The maximum atomic E-state index is 11.7. The highest BCUT2D eigenvalue weighted by molar-refractivity contribution is 7.10. The average Bonchev–Trinajstić information content (AvgIpc) is 3.28. The van der Waals surface area contributed by atoms with Crippen LogP contribution in [-0.2, 0) is 17.8 Å². The van der Waals surface area contributed by atoms with Gasteiger partial charge in [0.2, 0.25) is 0 Å². The molecule has 0 radical (unpaired) electrons. The van der Waals surface area contributed by atoms with Crippen LogP contribution in [0.3, 0.4) is 0 Å². The van der Waals surface area contributed by atoms with E-state index in [-0.39, 0.29) is 6.61 Å². The number of carboxylic acid groups (broad SMARTS) is 1. The molecule has 0 fully saturated rings. The van der Waals surface area contributed by atoms with Crippen molar-refractivity contribution in [3.8, 4) is 0 Å². The van der Waals surface area contributed by atoms with E-state index in [1.807, 2.05) is 35.2 Å². The van der Waals surface area contributed by atoms with Gasteiger partial charge in [0.1, 0.15) is 6.04 Å². The van der Waals surface area contributed by atoms with Gasteiger partial charge in [-0.05, 0) is 40.6 Å². The molecule has 1 aliphatic rings. The van der Waals surface area contributed by atoms with Crippen LogP contribution in [0.25, 0.3) is 0 Å². The average molecular weight is 475 g/mol. The summed E-state index contributed by atoms with van der Waals surface area (Å²) < 4.78 is 0. The van der Waals surface area contributed by atoms with Gasteiger partial charge in [0.25, 0.3) is 0 Å². The highest BCUT2D eigenvalue weighted by atomic mass is 35.5. The molecule has 6 nitrogen and oxygen atoms in total. The third-order valence-electron chi connectivity index (χ3n) is 5.39. The summed E-state index contributed by atoms with van der Waals surface area (Å²) >= 11 is 7.92. The summed E-state index contributed by atoms with van der Waals surface area (Å²) in [6, 6.07) is 17.0. The molecule has 0 spiro atoms. The van der Waals surface area contributed by atoms with Crippen molar-refractivity contribution in [3.05, 3.63) is 92.6 Å². The largest absolute Gasteiger partial charge is 0.480 e. The van der Waals surface area contributed by atoms with E-state index < -0.39 is 24.2 Å². The third kappa shape index (κ3) is 5.95. The van der Waals surface area contributed by atoms with Crippen LogP contribution in [0.5, 0.6) is 0 Å². The van der Waals surface area contributed by atoms with Crippen LogP contribution in [0.1, 0.15) is 33.7 Å². The number of thiophene rings is 1. The topological polar surface area (TPSA) is 107 Å². The first-order valence-electron chi connectivity index (χ1n) is 10.3. The maximum Gasteiger partial charge on any atom is 0.325 e. The summed E-state index contributed by atoms with van der Waals surface area (Å²) in [5.41, 5.74) is 8.09. The normalized spacial score (nSPS) is 16.2. The van der Waals surface area contributed by atoms with E-state index >= 15 is 0 Å². The van der Waals surface area contributed by atoms with E-state index in [0.717, 1.165) is 18.5 Å². The molecular weight excluding hydrogens is 448 g/mol. The minimum absolute atomic E-state index is 0.212. The number of benzene rings is 2. The van der Waals surface area contributed by atoms with Crippen LogP contribution in [0.15, 0.2) is 66.0 Å². The van der Waals surface area contributed by atoms with Crippen molar-refractivity contribution in [2.45, 2.75) is 31.2 Å². The van der Waals surface area contributed by atoms with Gasteiger partial charge in [-0.2, -0.15) is 0 Å². The van der Waals surface area contributed by atoms with Gasteiger partial charge in [-0.25, -0.2) is 0 Å². The molecule has 5 N–H and O–H groups in total. The minimum atomic E-state index is -0.850. The van der Waals surface area contributed by atoms with Gasteiger partial charge in [0.15, 0.2) is 0 Å². The number of fused-ring (bicyclic) bond motifs is 1. The number of nitrogens with zero attached hydrogens (tertiary/aromatic N) is 1. The van der Waals surface area contributed by atoms with E-state index in [1.54, 1.807) is 35.6 Å². The molecular formula is C24H27ClN2O4S. The van der Waals surface area contributed by atoms with Gasteiger partial charge in [-0.15, -0.1) is 11.3 Å². The van der Waals surface area contributed by atoms with Crippen LogP contribution < -0.4 is 5.73 Å². The fraction of sp³-hybridized carbons (Fsp3) is 0.292. The molecule has 2 heterocycles. The zero-order chi connectivity index (χ0) is 23.1. The molecule has 0 aliphatic carbocycles. The number of aliphatic carboxylic acids is 1. The van der Waals surface area contributed by atoms with Gasteiger partial charge in [-0.1, -0.05) is 60.1 Å². The number of aliphatic hydroxyl groups is 2. The first-order chi connectivity index (χ1) is 15.4. The minimum Gasteiger partial charge on any atom is -0.480 e. The molecule has 0 amide bonds. The molecule has 1 aromatic heterocycles. The first kappa shape index (κ1) is 24.4. The molecule has 0 unspecified atom stereocenters. The standard InChI is InChI=1S/C15H14ClNO2S.C9H13NO2/c16-12-4-2-1-3-11(12)14(15(18)19)17-7-5-13-10(9-17)6-8-20-13;10-8(6-11)9(12)7-4-2-1-3-5-7/h1-4,6,8,14H,5,7,9H2,(H,18,19);1-5,8-9,11-12H,6,10H2/t14-;8-,9-/m01/s1. The van der Waals surface area contributed by atoms with Gasteiger partial charge in [0, 0.05) is 23.0 Å². The number of nitrogens with two attached hydrogens (primary N) is 1. The lowest BCUT2D eigenvalue weighted by molar-refractivity contribution is -0.144. The maximum absolute atomic E-state index is 11.7. The Morgan fingerprint density at radius 2 is 1.81 bits per heavy atom. The number of carboxylic acids is 1. The van der Waals surface area contributed by atoms with Crippen LogP contribution >= 0.6 is 22.9 Å².